The normalized spacial score (nSPS) is 11.9. The summed E-state index contributed by atoms with van der Waals surface area (Å²) in [6.45, 7) is 0.436. The molecular formula is C14H10F3N3. The number of fused-ring (bicyclic) bond motifs is 1. The molecule has 0 atom stereocenters. The number of rotatable bonds is 2. The Morgan fingerprint density at radius 2 is 1.75 bits per heavy atom. The molecule has 0 aliphatic carbocycles. The van der Waals surface area contributed by atoms with Gasteiger partial charge in [0.25, 0.3) is 0 Å². The first kappa shape index (κ1) is 12.7. The van der Waals surface area contributed by atoms with E-state index < -0.39 is 11.9 Å². The zero-order chi connectivity index (χ0) is 14.2. The van der Waals surface area contributed by atoms with Crippen molar-refractivity contribution in [2.75, 3.05) is 0 Å². The molecule has 0 spiro atoms. The number of benzene rings is 1. The Balaban J connectivity index is 2.03. The number of pyridine rings is 1. The lowest BCUT2D eigenvalue weighted by Gasteiger charge is -2.07. The third-order valence-corrected chi connectivity index (χ3v) is 2.95. The fourth-order valence-electron chi connectivity index (χ4n) is 1.99. The van der Waals surface area contributed by atoms with Gasteiger partial charge < -0.3 is 4.57 Å². The van der Waals surface area contributed by atoms with E-state index in [4.69, 9.17) is 0 Å². The summed E-state index contributed by atoms with van der Waals surface area (Å²) >= 11 is 0. The van der Waals surface area contributed by atoms with Crippen molar-refractivity contribution in [1.82, 2.24) is 14.5 Å². The van der Waals surface area contributed by atoms with Gasteiger partial charge in [-0.3, -0.25) is 0 Å². The minimum absolute atomic E-state index is 0.240. The molecule has 2 aromatic heterocycles. The van der Waals surface area contributed by atoms with Crippen LogP contribution in [0.15, 0.2) is 48.8 Å². The highest BCUT2D eigenvalue weighted by Crippen LogP contribution is 2.28. The topological polar surface area (TPSA) is 30.7 Å². The number of hydrogen-bond acceptors (Lipinski definition) is 2. The van der Waals surface area contributed by atoms with Crippen LogP contribution in [0.4, 0.5) is 13.2 Å². The summed E-state index contributed by atoms with van der Waals surface area (Å²) in [6, 6.07) is 11.7. The van der Waals surface area contributed by atoms with E-state index in [-0.39, 0.29) is 5.65 Å². The number of imidazole rings is 1. The van der Waals surface area contributed by atoms with Crippen LogP contribution >= 0.6 is 0 Å². The van der Waals surface area contributed by atoms with Crippen molar-refractivity contribution >= 4 is 11.2 Å². The second-order valence-electron chi connectivity index (χ2n) is 4.40. The van der Waals surface area contributed by atoms with Crippen LogP contribution in [-0.2, 0) is 12.7 Å². The van der Waals surface area contributed by atoms with Crippen LogP contribution in [0.25, 0.3) is 11.2 Å². The predicted molar refractivity (Wildman–Crippen MR) is 68.1 cm³/mol. The van der Waals surface area contributed by atoms with Gasteiger partial charge in [-0.05, 0) is 17.7 Å². The van der Waals surface area contributed by atoms with Gasteiger partial charge >= 0.3 is 6.18 Å². The van der Waals surface area contributed by atoms with E-state index in [9.17, 15) is 13.2 Å². The molecule has 0 aliphatic heterocycles. The van der Waals surface area contributed by atoms with Gasteiger partial charge in [-0.25, -0.2) is 9.97 Å². The molecule has 3 nitrogen and oxygen atoms in total. The highest BCUT2D eigenvalue weighted by atomic mass is 19.4. The maximum Gasteiger partial charge on any atom is 0.433 e. The molecule has 102 valence electrons. The first-order valence-electron chi connectivity index (χ1n) is 5.97. The van der Waals surface area contributed by atoms with Gasteiger partial charge in [0.05, 0.1) is 12.9 Å². The average molecular weight is 277 g/mol. The quantitative estimate of drug-likeness (QED) is 0.717. The summed E-state index contributed by atoms with van der Waals surface area (Å²) < 4.78 is 39.7. The molecule has 0 amide bonds. The summed E-state index contributed by atoms with van der Waals surface area (Å²) in [5.74, 6) is 0. The third kappa shape index (κ3) is 2.36. The van der Waals surface area contributed by atoms with E-state index in [1.807, 2.05) is 30.3 Å². The van der Waals surface area contributed by atoms with Crippen molar-refractivity contribution in [3.05, 3.63) is 60.0 Å². The highest BCUT2D eigenvalue weighted by molar-refractivity contribution is 5.71. The van der Waals surface area contributed by atoms with Crippen LogP contribution in [0.2, 0.25) is 0 Å². The molecule has 0 bridgehead atoms. The van der Waals surface area contributed by atoms with Gasteiger partial charge in [-0.1, -0.05) is 30.3 Å². The summed E-state index contributed by atoms with van der Waals surface area (Å²) in [4.78, 5) is 7.75. The molecule has 0 unspecified atom stereocenters. The highest BCUT2D eigenvalue weighted by Gasteiger charge is 2.32. The maximum atomic E-state index is 12.7. The smallest absolute Gasteiger partial charge is 0.311 e. The van der Waals surface area contributed by atoms with E-state index in [2.05, 4.69) is 9.97 Å². The number of hydrogen-bond donors (Lipinski definition) is 0. The van der Waals surface area contributed by atoms with E-state index >= 15 is 0 Å². The fraction of sp³-hybridized carbons (Fsp3) is 0.143. The van der Waals surface area contributed by atoms with E-state index in [1.54, 1.807) is 4.57 Å². The Hall–Kier alpha value is -2.37. The number of nitrogens with zero attached hydrogens (tertiary/aromatic N) is 3. The van der Waals surface area contributed by atoms with E-state index in [0.717, 1.165) is 11.6 Å². The molecule has 6 heteroatoms. The number of aromatic nitrogens is 3. The third-order valence-electron chi connectivity index (χ3n) is 2.95. The van der Waals surface area contributed by atoms with Crippen LogP contribution in [0.3, 0.4) is 0 Å². The minimum Gasteiger partial charge on any atom is -0.311 e. The molecule has 2 heterocycles. The first-order chi connectivity index (χ1) is 9.54. The lowest BCUT2D eigenvalue weighted by Crippen LogP contribution is -2.09. The summed E-state index contributed by atoms with van der Waals surface area (Å²) in [5.41, 5.74) is 0.767. The molecule has 0 fully saturated rings. The van der Waals surface area contributed by atoms with E-state index in [0.29, 0.717) is 12.1 Å². The van der Waals surface area contributed by atoms with Crippen molar-refractivity contribution in [3.8, 4) is 0 Å². The average Bonchev–Trinajstić information content (AvgIpc) is 2.82. The molecule has 20 heavy (non-hydrogen) atoms. The second kappa shape index (κ2) is 4.63. The lowest BCUT2D eigenvalue weighted by atomic mass is 10.2. The standard InChI is InChI=1S/C14H10F3N3/c15-14(16,17)12-7-6-11-13(19-12)20(9-18-11)8-10-4-2-1-3-5-10/h1-7,9H,8H2. The van der Waals surface area contributed by atoms with Gasteiger partial charge in [-0.2, -0.15) is 13.2 Å². The van der Waals surface area contributed by atoms with Crippen molar-refractivity contribution in [2.45, 2.75) is 12.7 Å². The Morgan fingerprint density at radius 1 is 1.00 bits per heavy atom. The van der Waals surface area contributed by atoms with E-state index in [1.165, 1.54) is 12.4 Å². The van der Waals surface area contributed by atoms with Crippen molar-refractivity contribution < 1.29 is 13.2 Å². The zero-order valence-electron chi connectivity index (χ0n) is 10.3. The van der Waals surface area contributed by atoms with Crippen LogP contribution in [0, 0.1) is 0 Å². The Bertz CT molecular complexity index is 732. The lowest BCUT2D eigenvalue weighted by molar-refractivity contribution is -0.141. The van der Waals surface area contributed by atoms with Gasteiger partial charge in [0.2, 0.25) is 0 Å². The van der Waals surface area contributed by atoms with Crippen LogP contribution in [0.1, 0.15) is 11.3 Å². The maximum absolute atomic E-state index is 12.7. The van der Waals surface area contributed by atoms with Gasteiger partial charge in [-0.15, -0.1) is 0 Å². The second-order valence-corrected chi connectivity index (χ2v) is 4.40. The molecule has 3 rings (SSSR count). The molecule has 0 saturated heterocycles. The van der Waals surface area contributed by atoms with Gasteiger partial charge in [0.15, 0.2) is 5.65 Å². The Kier molecular flexibility index (Phi) is 2.93. The molecule has 1 aromatic carbocycles. The van der Waals surface area contributed by atoms with Crippen molar-refractivity contribution in [2.24, 2.45) is 0 Å². The predicted octanol–water partition coefficient (Wildman–Crippen LogP) is 3.50. The molecule has 0 radical (unpaired) electrons. The summed E-state index contributed by atoms with van der Waals surface area (Å²) in [7, 11) is 0. The fourth-order valence-corrected chi connectivity index (χ4v) is 1.99. The Labute approximate surface area is 112 Å². The SMILES string of the molecule is FC(F)(F)c1ccc2ncn(Cc3ccccc3)c2n1. The molecule has 0 saturated carbocycles. The van der Waals surface area contributed by atoms with Gasteiger partial charge in [0, 0.05) is 0 Å². The zero-order valence-corrected chi connectivity index (χ0v) is 10.3. The van der Waals surface area contributed by atoms with Crippen LogP contribution in [0.5, 0.6) is 0 Å². The number of halogens is 3. The van der Waals surface area contributed by atoms with Gasteiger partial charge in [0.1, 0.15) is 11.2 Å². The van der Waals surface area contributed by atoms with Crippen LogP contribution in [-0.4, -0.2) is 14.5 Å². The number of alkyl halides is 3. The largest absolute Gasteiger partial charge is 0.433 e. The summed E-state index contributed by atoms with van der Waals surface area (Å²) in [6.07, 6.45) is -2.94. The molecular weight excluding hydrogens is 267 g/mol. The molecule has 3 aromatic rings. The van der Waals surface area contributed by atoms with Crippen molar-refractivity contribution in [1.29, 1.82) is 0 Å². The Morgan fingerprint density at radius 3 is 2.45 bits per heavy atom. The molecule has 0 aliphatic rings. The van der Waals surface area contributed by atoms with Crippen molar-refractivity contribution in [3.63, 3.8) is 0 Å². The summed E-state index contributed by atoms with van der Waals surface area (Å²) in [5, 5.41) is 0. The first-order valence-corrected chi connectivity index (χ1v) is 5.97. The minimum atomic E-state index is -4.45. The monoisotopic (exact) mass is 277 g/mol. The van der Waals surface area contributed by atoms with Crippen LogP contribution < -0.4 is 0 Å². The molecule has 0 N–H and O–H groups in total.